The molecule has 1 aromatic carbocycles. The van der Waals surface area contributed by atoms with E-state index in [1.807, 2.05) is 19.9 Å². The monoisotopic (exact) mass is 263 g/mol. The molecule has 3 nitrogen and oxygen atoms in total. The standard InChI is InChI=1S/C14H17N3.ClH/c1-9-5-10(2)7-13(6-9)17-14-15-11(3)8-12(4)16-14;/h5-8H,1-4H3,(H,15,16,17);1H. The minimum absolute atomic E-state index is 0. The fourth-order valence-electron chi connectivity index (χ4n) is 1.96. The van der Waals surface area contributed by atoms with E-state index in [1.54, 1.807) is 0 Å². The average molecular weight is 264 g/mol. The van der Waals surface area contributed by atoms with Gasteiger partial charge in [-0.15, -0.1) is 12.4 Å². The van der Waals surface area contributed by atoms with Crippen molar-refractivity contribution in [3.05, 3.63) is 46.8 Å². The molecule has 0 radical (unpaired) electrons. The van der Waals surface area contributed by atoms with Crippen molar-refractivity contribution >= 4 is 24.0 Å². The van der Waals surface area contributed by atoms with Gasteiger partial charge in [0.1, 0.15) is 0 Å². The first-order chi connectivity index (χ1) is 8.02. The molecule has 1 N–H and O–H groups in total. The quantitative estimate of drug-likeness (QED) is 0.894. The van der Waals surface area contributed by atoms with Gasteiger partial charge in [0, 0.05) is 17.1 Å². The summed E-state index contributed by atoms with van der Waals surface area (Å²) in [7, 11) is 0. The SMILES string of the molecule is Cc1cc(C)cc(Nc2nc(C)cc(C)n2)c1.Cl. The molecule has 0 unspecified atom stereocenters. The highest BCUT2D eigenvalue weighted by Crippen LogP contribution is 2.17. The molecule has 0 spiro atoms. The Hall–Kier alpha value is -1.61. The van der Waals surface area contributed by atoms with Crippen molar-refractivity contribution in [1.29, 1.82) is 0 Å². The molecule has 1 heterocycles. The van der Waals surface area contributed by atoms with E-state index in [0.29, 0.717) is 5.95 Å². The summed E-state index contributed by atoms with van der Waals surface area (Å²) in [4.78, 5) is 8.73. The van der Waals surface area contributed by atoms with E-state index < -0.39 is 0 Å². The van der Waals surface area contributed by atoms with E-state index in [2.05, 4.69) is 47.3 Å². The first-order valence-electron chi connectivity index (χ1n) is 5.70. The van der Waals surface area contributed by atoms with E-state index in [1.165, 1.54) is 11.1 Å². The third-order valence-corrected chi connectivity index (χ3v) is 2.46. The predicted octanol–water partition coefficient (Wildman–Crippen LogP) is 3.88. The molecule has 1 aromatic heterocycles. The number of aromatic nitrogens is 2. The normalized spacial score (nSPS) is 9.78. The molecule has 0 aliphatic heterocycles. The third kappa shape index (κ3) is 3.70. The second kappa shape index (κ2) is 5.83. The van der Waals surface area contributed by atoms with E-state index in [-0.39, 0.29) is 12.4 Å². The number of halogens is 1. The number of nitrogens with one attached hydrogen (secondary N) is 1. The van der Waals surface area contributed by atoms with Crippen molar-refractivity contribution < 1.29 is 0 Å². The number of hydrogen-bond donors (Lipinski definition) is 1. The number of nitrogens with zero attached hydrogens (tertiary/aromatic N) is 2. The molecule has 0 bridgehead atoms. The van der Waals surface area contributed by atoms with E-state index in [9.17, 15) is 0 Å². The molecule has 2 aromatic rings. The summed E-state index contributed by atoms with van der Waals surface area (Å²) in [5, 5.41) is 3.24. The van der Waals surface area contributed by atoms with Gasteiger partial charge in [0.25, 0.3) is 0 Å². The number of anilines is 2. The molecule has 0 fully saturated rings. The van der Waals surface area contributed by atoms with Crippen molar-refractivity contribution in [2.75, 3.05) is 5.32 Å². The van der Waals surface area contributed by atoms with Crippen LogP contribution in [0.3, 0.4) is 0 Å². The smallest absolute Gasteiger partial charge is 0.227 e. The summed E-state index contributed by atoms with van der Waals surface area (Å²) in [6.07, 6.45) is 0. The van der Waals surface area contributed by atoms with Gasteiger partial charge in [0.2, 0.25) is 5.95 Å². The summed E-state index contributed by atoms with van der Waals surface area (Å²) in [5.41, 5.74) is 5.45. The lowest BCUT2D eigenvalue weighted by molar-refractivity contribution is 1.06. The molecule has 0 saturated heterocycles. The van der Waals surface area contributed by atoms with Gasteiger partial charge >= 0.3 is 0 Å². The van der Waals surface area contributed by atoms with Crippen molar-refractivity contribution in [3.8, 4) is 0 Å². The summed E-state index contributed by atoms with van der Waals surface area (Å²) >= 11 is 0. The lowest BCUT2D eigenvalue weighted by atomic mass is 10.1. The largest absolute Gasteiger partial charge is 0.324 e. The van der Waals surface area contributed by atoms with Crippen molar-refractivity contribution in [3.63, 3.8) is 0 Å². The molecule has 0 amide bonds. The average Bonchev–Trinajstić information content (AvgIpc) is 2.13. The van der Waals surface area contributed by atoms with Crippen LogP contribution in [0.1, 0.15) is 22.5 Å². The second-order valence-corrected chi connectivity index (χ2v) is 4.48. The zero-order valence-corrected chi connectivity index (χ0v) is 11.9. The van der Waals surface area contributed by atoms with Gasteiger partial charge in [0.15, 0.2) is 0 Å². The Morgan fingerprint density at radius 2 is 1.28 bits per heavy atom. The molecule has 0 saturated carbocycles. The van der Waals surface area contributed by atoms with Crippen LogP contribution in [0.15, 0.2) is 24.3 Å². The maximum atomic E-state index is 4.37. The Balaban J connectivity index is 0.00000162. The first-order valence-corrected chi connectivity index (χ1v) is 5.70. The lowest BCUT2D eigenvalue weighted by Crippen LogP contribution is -2.00. The van der Waals surface area contributed by atoms with Gasteiger partial charge in [-0.1, -0.05) is 6.07 Å². The van der Waals surface area contributed by atoms with Gasteiger partial charge in [-0.25, -0.2) is 9.97 Å². The molecule has 0 aliphatic carbocycles. The maximum Gasteiger partial charge on any atom is 0.227 e. The number of rotatable bonds is 2. The molecule has 4 heteroatoms. The second-order valence-electron chi connectivity index (χ2n) is 4.48. The van der Waals surface area contributed by atoms with Crippen LogP contribution in [-0.4, -0.2) is 9.97 Å². The third-order valence-electron chi connectivity index (χ3n) is 2.46. The first kappa shape index (κ1) is 14.5. The highest BCUT2D eigenvalue weighted by Gasteiger charge is 2.01. The number of hydrogen-bond acceptors (Lipinski definition) is 3. The van der Waals surface area contributed by atoms with Crippen LogP contribution >= 0.6 is 12.4 Å². The summed E-state index contributed by atoms with van der Waals surface area (Å²) in [6, 6.07) is 8.29. The van der Waals surface area contributed by atoms with Crippen molar-refractivity contribution in [1.82, 2.24) is 9.97 Å². The molecule has 96 valence electrons. The minimum atomic E-state index is 0. The molecular weight excluding hydrogens is 246 g/mol. The topological polar surface area (TPSA) is 37.8 Å². The fourth-order valence-corrected chi connectivity index (χ4v) is 1.96. The molecule has 2 rings (SSSR count). The minimum Gasteiger partial charge on any atom is -0.324 e. The molecule has 18 heavy (non-hydrogen) atoms. The Morgan fingerprint density at radius 1 is 0.778 bits per heavy atom. The summed E-state index contributed by atoms with van der Waals surface area (Å²) in [5.74, 6) is 0.660. The number of benzene rings is 1. The van der Waals surface area contributed by atoms with Crippen LogP contribution in [0, 0.1) is 27.7 Å². The Kier molecular flexibility index (Phi) is 4.68. The Morgan fingerprint density at radius 3 is 1.78 bits per heavy atom. The van der Waals surface area contributed by atoms with E-state index >= 15 is 0 Å². The van der Waals surface area contributed by atoms with Crippen LogP contribution < -0.4 is 5.32 Å². The van der Waals surface area contributed by atoms with Crippen LogP contribution in [0.5, 0.6) is 0 Å². The summed E-state index contributed by atoms with van der Waals surface area (Å²) in [6.45, 7) is 8.11. The van der Waals surface area contributed by atoms with Crippen LogP contribution in [-0.2, 0) is 0 Å². The van der Waals surface area contributed by atoms with Crippen LogP contribution in [0.2, 0.25) is 0 Å². The van der Waals surface area contributed by atoms with Gasteiger partial charge in [-0.2, -0.15) is 0 Å². The molecular formula is C14H18ClN3. The molecule has 0 atom stereocenters. The van der Waals surface area contributed by atoms with Gasteiger partial charge in [-0.3, -0.25) is 0 Å². The van der Waals surface area contributed by atoms with Gasteiger partial charge in [-0.05, 0) is 57.0 Å². The number of aryl methyl sites for hydroxylation is 4. The fraction of sp³-hybridized carbons (Fsp3) is 0.286. The zero-order valence-electron chi connectivity index (χ0n) is 11.1. The highest BCUT2D eigenvalue weighted by atomic mass is 35.5. The van der Waals surface area contributed by atoms with Crippen molar-refractivity contribution in [2.24, 2.45) is 0 Å². The predicted molar refractivity (Wildman–Crippen MR) is 78.0 cm³/mol. The molecule has 0 aliphatic rings. The van der Waals surface area contributed by atoms with Crippen LogP contribution in [0.4, 0.5) is 11.6 Å². The summed E-state index contributed by atoms with van der Waals surface area (Å²) < 4.78 is 0. The maximum absolute atomic E-state index is 4.37. The highest BCUT2D eigenvalue weighted by molar-refractivity contribution is 5.85. The van der Waals surface area contributed by atoms with Crippen LogP contribution in [0.25, 0.3) is 0 Å². The van der Waals surface area contributed by atoms with Crippen molar-refractivity contribution in [2.45, 2.75) is 27.7 Å². The van der Waals surface area contributed by atoms with E-state index in [4.69, 9.17) is 0 Å². The van der Waals surface area contributed by atoms with E-state index in [0.717, 1.165) is 17.1 Å². The lowest BCUT2D eigenvalue weighted by Gasteiger charge is -2.08. The Bertz CT molecular complexity index is 463. The zero-order chi connectivity index (χ0) is 12.4. The van der Waals surface area contributed by atoms with Gasteiger partial charge < -0.3 is 5.32 Å². The van der Waals surface area contributed by atoms with Gasteiger partial charge in [0.05, 0.1) is 0 Å². The Labute approximate surface area is 114 Å².